The third kappa shape index (κ3) is 4.26. The zero-order valence-electron chi connectivity index (χ0n) is 14.6. The minimum absolute atomic E-state index is 0.0806. The van der Waals surface area contributed by atoms with E-state index in [2.05, 4.69) is 5.32 Å². The first-order chi connectivity index (χ1) is 11.8. The molecule has 0 radical (unpaired) electrons. The Morgan fingerprint density at radius 1 is 1.32 bits per heavy atom. The minimum Gasteiger partial charge on any atom is -0.487 e. The van der Waals surface area contributed by atoms with Gasteiger partial charge in [-0.05, 0) is 44.5 Å². The van der Waals surface area contributed by atoms with E-state index < -0.39 is 0 Å². The number of halogens is 1. The number of hydrogen-bond donors (Lipinski definition) is 1. The maximum absolute atomic E-state index is 12.4. The second-order valence-electron chi connectivity index (χ2n) is 6.95. The van der Waals surface area contributed by atoms with Crippen molar-refractivity contribution in [1.29, 1.82) is 0 Å². The molecule has 5 heteroatoms. The molecular formula is C20H22ClNO3. The highest BCUT2D eigenvalue weighted by Gasteiger charge is 2.34. The molecule has 1 N–H and O–H groups in total. The highest BCUT2D eigenvalue weighted by atomic mass is 35.5. The smallest absolute Gasteiger partial charge is 0.258 e. The molecule has 25 heavy (non-hydrogen) atoms. The van der Waals surface area contributed by atoms with E-state index in [1.165, 1.54) is 0 Å². The first kappa shape index (κ1) is 17.6. The highest BCUT2D eigenvalue weighted by Crippen LogP contribution is 2.39. The molecule has 0 spiro atoms. The maximum Gasteiger partial charge on any atom is 0.258 e. The predicted octanol–water partition coefficient (Wildman–Crippen LogP) is 4.45. The van der Waals surface area contributed by atoms with Gasteiger partial charge in [0.1, 0.15) is 17.1 Å². The number of nitrogens with one attached hydrogen (secondary N) is 1. The Morgan fingerprint density at radius 3 is 2.84 bits per heavy atom. The summed E-state index contributed by atoms with van der Waals surface area (Å²) in [6.07, 6.45) is 0.695. The summed E-state index contributed by atoms with van der Waals surface area (Å²) < 4.78 is 11.6. The molecule has 0 aliphatic carbocycles. The highest BCUT2D eigenvalue weighted by molar-refractivity contribution is 6.32. The normalized spacial score (nSPS) is 18.0. The molecule has 1 atom stereocenters. The Bertz CT molecular complexity index is 788. The molecule has 0 bridgehead atoms. The second kappa shape index (κ2) is 6.96. The lowest BCUT2D eigenvalue weighted by Crippen LogP contribution is -2.42. The van der Waals surface area contributed by atoms with Crippen molar-refractivity contribution in [3.63, 3.8) is 0 Å². The third-order valence-electron chi connectivity index (χ3n) is 4.16. The van der Waals surface area contributed by atoms with Crippen LogP contribution in [-0.2, 0) is 4.79 Å². The minimum atomic E-state index is -0.345. The molecule has 1 unspecified atom stereocenters. The number of hydrogen-bond acceptors (Lipinski definition) is 3. The summed E-state index contributed by atoms with van der Waals surface area (Å²) in [6, 6.07) is 13.0. The van der Waals surface area contributed by atoms with Gasteiger partial charge in [-0.3, -0.25) is 4.79 Å². The molecule has 0 saturated heterocycles. The number of carbonyl (C=O) groups is 1. The van der Waals surface area contributed by atoms with Crippen LogP contribution >= 0.6 is 11.6 Å². The van der Waals surface area contributed by atoms with Crippen molar-refractivity contribution in [3.05, 3.63) is 58.6 Å². The van der Waals surface area contributed by atoms with Crippen LogP contribution in [0.15, 0.2) is 42.5 Å². The summed E-state index contributed by atoms with van der Waals surface area (Å²) in [6.45, 7) is 5.99. The van der Waals surface area contributed by atoms with Crippen molar-refractivity contribution < 1.29 is 14.3 Å². The van der Waals surface area contributed by atoms with E-state index in [1.54, 1.807) is 12.1 Å². The lowest BCUT2D eigenvalue weighted by atomic mass is 9.89. The standard InChI is InChI=1S/C20H22ClNO3/c1-13-8-9-14-16(11-20(2,3)25-18(14)10-13)22-19(23)12-24-17-7-5-4-6-15(17)21/h4-10,16H,11-12H2,1-3H3,(H,22,23). The van der Waals surface area contributed by atoms with Gasteiger partial charge in [-0.25, -0.2) is 0 Å². The number of rotatable bonds is 4. The van der Waals surface area contributed by atoms with Gasteiger partial charge in [-0.1, -0.05) is 35.9 Å². The van der Waals surface area contributed by atoms with Crippen LogP contribution in [0.2, 0.25) is 5.02 Å². The lowest BCUT2D eigenvalue weighted by Gasteiger charge is -2.38. The molecule has 3 rings (SSSR count). The Labute approximate surface area is 153 Å². The Morgan fingerprint density at radius 2 is 2.08 bits per heavy atom. The van der Waals surface area contributed by atoms with E-state index in [0.717, 1.165) is 16.9 Å². The van der Waals surface area contributed by atoms with Gasteiger partial charge in [0, 0.05) is 12.0 Å². The van der Waals surface area contributed by atoms with Crippen molar-refractivity contribution >= 4 is 17.5 Å². The lowest BCUT2D eigenvalue weighted by molar-refractivity contribution is -0.124. The van der Waals surface area contributed by atoms with Crippen molar-refractivity contribution in [2.45, 2.75) is 38.8 Å². The summed E-state index contributed by atoms with van der Waals surface area (Å²) in [5.74, 6) is 1.14. The SMILES string of the molecule is Cc1ccc2c(c1)OC(C)(C)CC2NC(=O)COc1ccccc1Cl. The van der Waals surface area contributed by atoms with Crippen LogP contribution in [0.25, 0.3) is 0 Å². The van der Waals surface area contributed by atoms with Gasteiger partial charge in [0.05, 0.1) is 11.1 Å². The molecule has 1 amide bonds. The van der Waals surface area contributed by atoms with E-state index in [9.17, 15) is 4.79 Å². The zero-order valence-corrected chi connectivity index (χ0v) is 15.4. The predicted molar refractivity (Wildman–Crippen MR) is 98.3 cm³/mol. The average Bonchev–Trinajstić information content (AvgIpc) is 2.52. The average molecular weight is 360 g/mol. The van der Waals surface area contributed by atoms with Crippen molar-refractivity contribution in [1.82, 2.24) is 5.32 Å². The summed E-state index contributed by atoms with van der Waals surface area (Å²) in [5.41, 5.74) is 1.78. The van der Waals surface area contributed by atoms with E-state index in [0.29, 0.717) is 17.2 Å². The van der Waals surface area contributed by atoms with Gasteiger partial charge >= 0.3 is 0 Å². The molecule has 0 aromatic heterocycles. The van der Waals surface area contributed by atoms with Gasteiger partial charge in [0.2, 0.25) is 0 Å². The summed E-state index contributed by atoms with van der Waals surface area (Å²) in [5, 5.41) is 3.54. The molecular weight excluding hydrogens is 338 g/mol. The van der Waals surface area contributed by atoms with Crippen LogP contribution in [-0.4, -0.2) is 18.1 Å². The van der Waals surface area contributed by atoms with E-state index in [-0.39, 0.29) is 24.2 Å². The van der Waals surface area contributed by atoms with Crippen molar-refractivity contribution in [3.8, 4) is 11.5 Å². The zero-order chi connectivity index (χ0) is 18.0. The van der Waals surface area contributed by atoms with Crippen LogP contribution in [0.1, 0.15) is 37.4 Å². The molecule has 132 valence electrons. The first-order valence-corrected chi connectivity index (χ1v) is 8.68. The fraction of sp³-hybridized carbons (Fsp3) is 0.350. The van der Waals surface area contributed by atoms with Crippen LogP contribution in [0, 0.1) is 6.92 Å². The summed E-state index contributed by atoms with van der Waals surface area (Å²) in [7, 11) is 0. The number of para-hydroxylation sites is 1. The molecule has 2 aromatic carbocycles. The number of aryl methyl sites for hydroxylation is 1. The molecule has 4 nitrogen and oxygen atoms in total. The van der Waals surface area contributed by atoms with E-state index in [4.69, 9.17) is 21.1 Å². The monoisotopic (exact) mass is 359 g/mol. The molecule has 1 heterocycles. The van der Waals surface area contributed by atoms with Gasteiger partial charge in [0.15, 0.2) is 6.61 Å². The maximum atomic E-state index is 12.4. The van der Waals surface area contributed by atoms with Crippen LogP contribution in [0.4, 0.5) is 0 Å². The Kier molecular flexibility index (Phi) is 4.91. The quantitative estimate of drug-likeness (QED) is 0.877. The van der Waals surface area contributed by atoms with Gasteiger partial charge in [0.25, 0.3) is 5.91 Å². The van der Waals surface area contributed by atoms with Crippen molar-refractivity contribution in [2.75, 3.05) is 6.61 Å². The number of benzene rings is 2. The number of fused-ring (bicyclic) bond motifs is 1. The van der Waals surface area contributed by atoms with E-state index in [1.807, 2.05) is 51.1 Å². The van der Waals surface area contributed by atoms with Gasteiger partial charge in [-0.15, -0.1) is 0 Å². The Balaban J connectivity index is 1.70. The van der Waals surface area contributed by atoms with Crippen molar-refractivity contribution in [2.24, 2.45) is 0 Å². The first-order valence-electron chi connectivity index (χ1n) is 8.30. The number of amides is 1. The topological polar surface area (TPSA) is 47.6 Å². The van der Waals surface area contributed by atoms with Gasteiger partial charge < -0.3 is 14.8 Å². The van der Waals surface area contributed by atoms with Gasteiger partial charge in [-0.2, -0.15) is 0 Å². The second-order valence-corrected chi connectivity index (χ2v) is 7.35. The molecule has 2 aromatic rings. The Hall–Kier alpha value is -2.20. The van der Waals surface area contributed by atoms with Crippen LogP contribution in [0.3, 0.4) is 0 Å². The fourth-order valence-electron chi connectivity index (χ4n) is 3.03. The van der Waals surface area contributed by atoms with Crippen LogP contribution < -0.4 is 14.8 Å². The third-order valence-corrected chi connectivity index (χ3v) is 4.47. The van der Waals surface area contributed by atoms with Crippen LogP contribution in [0.5, 0.6) is 11.5 Å². The molecule has 0 fully saturated rings. The summed E-state index contributed by atoms with van der Waals surface area (Å²) in [4.78, 5) is 12.4. The van der Waals surface area contributed by atoms with E-state index >= 15 is 0 Å². The molecule has 1 aliphatic heterocycles. The number of carbonyl (C=O) groups excluding carboxylic acids is 1. The molecule has 0 saturated carbocycles. The molecule has 1 aliphatic rings. The largest absolute Gasteiger partial charge is 0.487 e. The number of ether oxygens (including phenoxy) is 2. The fourth-order valence-corrected chi connectivity index (χ4v) is 3.22. The summed E-state index contributed by atoms with van der Waals surface area (Å²) >= 11 is 6.05.